The number of Topliss-reactive ketones (excluding diaryl/α,β-unsaturated/α-hetero) is 1. The molecule has 0 aliphatic rings. The van der Waals surface area contributed by atoms with Gasteiger partial charge in [-0.2, -0.15) is 0 Å². The van der Waals surface area contributed by atoms with E-state index in [-0.39, 0.29) is 5.78 Å². The Labute approximate surface area is 66.2 Å². The number of aliphatic hydroxyl groups is 1. The van der Waals surface area contributed by atoms with Gasteiger partial charge in [0.15, 0.2) is 5.78 Å². The topological polar surface area (TPSA) is 37.3 Å². The van der Waals surface area contributed by atoms with Crippen molar-refractivity contribution in [1.82, 2.24) is 0 Å². The largest absolute Gasteiger partial charge is 0.380 e. The Morgan fingerprint density at radius 3 is 2.10 bits per heavy atom. The molecule has 0 aromatic heterocycles. The number of rotatable bonds is 2. The Hall–Kier alpha value is -0.280. The van der Waals surface area contributed by atoms with E-state index in [2.05, 4.69) is 12.2 Å². The van der Waals surface area contributed by atoms with Gasteiger partial charge in [-0.1, -0.05) is 33.0 Å². The summed E-state index contributed by atoms with van der Waals surface area (Å²) in [5.41, 5.74) is -0.505. The van der Waals surface area contributed by atoms with E-state index in [1.807, 2.05) is 0 Å². The maximum atomic E-state index is 11.0. The van der Waals surface area contributed by atoms with Crippen LogP contribution in [0.25, 0.3) is 0 Å². The van der Waals surface area contributed by atoms with Gasteiger partial charge in [-0.05, 0) is 0 Å². The number of hydrogen-bond acceptors (Lipinski definition) is 3. The van der Waals surface area contributed by atoms with E-state index in [0.717, 1.165) is 5.37 Å². The van der Waals surface area contributed by atoms with Gasteiger partial charge in [0.05, 0.1) is 0 Å². The predicted molar refractivity (Wildman–Crippen MR) is 44.1 cm³/mol. The van der Waals surface area contributed by atoms with E-state index in [1.165, 1.54) is 0 Å². The van der Waals surface area contributed by atoms with Crippen molar-refractivity contribution in [3.05, 3.63) is 0 Å². The third-order valence-corrected chi connectivity index (χ3v) is 1.39. The van der Waals surface area contributed by atoms with E-state index in [1.54, 1.807) is 20.8 Å². The molecule has 0 aliphatic carbocycles. The number of thiocarbonyl (C=S) groups is 1. The molecule has 0 radical (unpaired) electrons. The third-order valence-electron chi connectivity index (χ3n) is 1.14. The normalized spacial score (nSPS) is 14.4. The standard InChI is InChI=1S/C7H12O2S/c1-7(2,3)6(9)5(8)4-10/h4-5,8H,1-3H3. The number of ketones is 1. The third kappa shape index (κ3) is 2.54. The maximum absolute atomic E-state index is 11.0. The highest BCUT2D eigenvalue weighted by atomic mass is 32.1. The fraction of sp³-hybridized carbons (Fsp3) is 0.714. The molecule has 0 saturated heterocycles. The lowest BCUT2D eigenvalue weighted by Gasteiger charge is -2.17. The molecule has 0 spiro atoms. The van der Waals surface area contributed by atoms with Crippen LogP contribution >= 0.6 is 12.2 Å². The first-order chi connectivity index (χ1) is 4.39. The Morgan fingerprint density at radius 2 is 2.00 bits per heavy atom. The van der Waals surface area contributed by atoms with Crippen molar-refractivity contribution in [3.63, 3.8) is 0 Å². The summed E-state index contributed by atoms with van der Waals surface area (Å²) in [6.45, 7) is 5.24. The van der Waals surface area contributed by atoms with Gasteiger partial charge in [0.25, 0.3) is 0 Å². The van der Waals surface area contributed by atoms with Gasteiger partial charge < -0.3 is 5.11 Å². The molecule has 0 amide bonds. The van der Waals surface area contributed by atoms with Crippen molar-refractivity contribution < 1.29 is 9.90 Å². The summed E-state index contributed by atoms with van der Waals surface area (Å²) in [4.78, 5) is 11.0. The van der Waals surface area contributed by atoms with Crippen LogP contribution in [0.4, 0.5) is 0 Å². The van der Waals surface area contributed by atoms with E-state index >= 15 is 0 Å². The zero-order valence-electron chi connectivity index (χ0n) is 6.42. The van der Waals surface area contributed by atoms with Gasteiger partial charge in [0, 0.05) is 10.8 Å². The summed E-state index contributed by atoms with van der Waals surface area (Å²) >= 11 is 4.42. The Kier molecular flexibility index (Phi) is 3.12. The summed E-state index contributed by atoms with van der Waals surface area (Å²) in [6.07, 6.45) is -1.09. The second-order valence-corrected chi connectivity index (χ2v) is 3.47. The minimum Gasteiger partial charge on any atom is -0.380 e. The van der Waals surface area contributed by atoms with Crippen LogP contribution in [-0.2, 0) is 4.79 Å². The summed E-state index contributed by atoms with van der Waals surface area (Å²) in [5, 5.41) is 10.0. The average Bonchev–Trinajstić information content (AvgIpc) is 1.83. The predicted octanol–water partition coefficient (Wildman–Crippen LogP) is 0.962. The number of aliphatic hydroxyl groups excluding tert-OH is 1. The zero-order valence-corrected chi connectivity index (χ0v) is 7.23. The van der Waals surface area contributed by atoms with Crippen molar-refractivity contribution in [2.45, 2.75) is 26.9 Å². The van der Waals surface area contributed by atoms with Crippen molar-refractivity contribution >= 4 is 23.4 Å². The van der Waals surface area contributed by atoms with Gasteiger partial charge in [0.2, 0.25) is 0 Å². The summed E-state index contributed by atoms with van der Waals surface area (Å²) in [7, 11) is 0. The van der Waals surface area contributed by atoms with E-state index in [4.69, 9.17) is 5.11 Å². The molecule has 0 aliphatic heterocycles. The highest BCUT2D eigenvalue weighted by molar-refractivity contribution is 7.79. The van der Waals surface area contributed by atoms with Gasteiger partial charge in [-0.25, -0.2) is 0 Å². The second kappa shape index (κ2) is 3.21. The minimum atomic E-state index is -1.09. The Balaban J connectivity index is 4.22. The van der Waals surface area contributed by atoms with Crippen LogP contribution in [0.1, 0.15) is 20.8 Å². The van der Waals surface area contributed by atoms with Crippen LogP contribution in [0, 0.1) is 5.41 Å². The Bertz CT molecular complexity index is 146. The molecule has 2 nitrogen and oxygen atoms in total. The molecular formula is C7H12O2S. The highest BCUT2D eigenvalue weighted by Crippen LogP contribution is 2.15. The van der Waals surface area contributed by atoms with Gasteiger partial charge in [-0.15, -0.1) is 0 Å². The van der Waals surface area contributed by atoms with Gasteiger partial charge in [-0.3, -0.25) is 4.79 Å². The number of carbonyl (C=O) groups is 1. The fourth-order valence-electron chi connectivity index (χ4n) is 0.505. The molecule has 0 aromatic carbocycles. The van der Waals surface area contributed by atoms with Crippen LogP contribution in [0.5, 0.6) is 0 Å². The highest BCUT2D eigenvalue weighted by Gasteiger charge is 2.26. The lowest BCUT2D eigenvalue weighted by atomic mass is 9.88. The minimum absolute atomic E-state index is 0.234. The first-order valence-corrected chi connectivity index (χ1v) is 3.54. The lowest BCUT2D eigenvalue weighted by Crippen LogP contribution is -2.32. The van der Waals surface area contributed by atoms with Crippen LogP contribution in [0.3, 0.4) is 0 Å². The van der Waals surface area contributed by atoms with E-state index < -0.39 is 11.5 Å². The SMILES string of the molecule is CC(C)(C)C(=O)C(O)C=S. The molecule has 0 saturated carbocycles. The quantitative estimate of drug-likeness (QED) is 0.611. The summed E-state index contributed by atoms with van der Waals surface area (Å²) < 4.78 is 0. The molecule has 58 valence electrons. The van der Waals surface area contributed by atoms with Gasteiger partial charge >= 0.3 is 0 Å². The van der Waals surface area contributed by atoms with Crippen LogP contribution < -0.4 is 0 Å². The first kappa shape index (κ1) is 9.72. The molecule has 0 heterocycles. The van der Waals surface area contributed by atoms with E-state index in [0.29, 0.717) is 0 Å². The van der Waals surface area contributed by atoms with E-state index in [9.17, 15) is 4.79 Å². The van der Waals surface area contributed by atoms with Crippen LogP contribution in [0.15, 0.2) is 0 Å². The summed E-state index contributed by atoms with van der Waals surface area (Å²) in [5.74, 6) is -0.234. The lowest BCUT2D eigenvalue weighted by molar-refractivity contribution is -0.131. The van der Waals surface area contributed by atoms with Crippen molar-refractivity contribution in [2.75, 3.05) is 0 Å². The average molecular weight is 160 g/mol. The molecule has 0 rings (SSSR count). The van der Waals surface area contributed by atoms with Gasteiger partial charge in [0.1, 0.15) is 6.10 Å². The smallest absolute Gasteiger partial charge is 0.171 e. The van der Waals surface area contributed by atoms with Crippen molar-refractivity contribution in [3.8, 4) is 0 Å². The second-order valence-electron chi connectivity index (χ2n) is 3.20. The molecule has 3 heteroatoms. The molecule has 0 aromatic rings. The molecule has 1 N–H and O–H groups in total. The molecule has 0 fully saturated rings. The molecule has 1 atom stereocenters. The molecular weight excluding hydrogens is 148 g/mol. The number of hydrogen-bond donors (Lipinski definition) is 1. The first-order valence-electron chi connectivity index (χ1n) is 3.07. The Morgan fingerprint density at radius 1 is 1.60 bits per heavy atom. The van der Waals surface area contributed by atoms with Crippen molar-refractivity contribution in [2.24, 2.45) is 5.41 Å². The fourth-order valence-corrected chi connectivity index (χ4v) is 0.629. The van der Waals surface area contributed by atoms with Crippen LogP contribution in [-0.4, -0.2) is 22.4 Å². The zero-order chi connectivity index (χ0) is 8.36. The van der Waals surface area contributed by atoms with Crippen molar-refractivity contribution in [1.29, 1.82) is 0 Å². The van der Waals surface area contributed by atoms with Crippen LogP contribution in [0.2, 0.25) is 0 Å². The maximum Gasteiger partial charge on any atom is 0.171 e. The summed E-state index contributed by atoms with van der Waals surface area (Å²) in [6, 6.07) is 0. The molecule has 10 heavy (non-hydrogen) atoms. The molecule has 0 bridgehead atoms. The monoisotopic (exact) mass is 160 g/mol. The molecule has 1 unspecified atom stereocenters. The number of carbonyl (C=O) groups excluding carboxylic acids is 1.